The molecule has 23 heavy (non-hydrogen) atoms. The van der Waals surface area contributed by atoms with Crippen molar-refractivity contribution in [1.29, 1.82) is 0 Å². The summed E-state index contributed by atoms with van der Waals surface area (Å²) in [6.07, 6.45) is 7.66. The van der Waals surface area contributed by atoms with Crippen LogP contribution in [0.2, 0.25) is 0 Å². The van der Waals surface area contributed by atoms with E-state index in [1.807, 2.05) is 24.7 Å². The van der Waals surface area contributed by atoms with Crippen LogP contribution in [0.4, 0.5) is 0 Å². The van der Waals surface area contributed by atoms with Gasteiger partial charge in [0.1, 0.15) is 0 Å². The highest BCUT2D eigenvalue weighted by Gasteiger charge is 2.10. The van der Waals surface area contributed by atoms with Gasteiger partial charge in [-0.1, -0.05) is 22.9 Å². The van der Waals surface area contributed by atoms with Crippen molar-refractivity contribution in [3.8, 4) is 11.5 Å². The fourth-order valence-corrected chi connectivity index (χ4v) is 2.69. The Kier molecular flexibility index (Phi) is 7.42. The standard InChI is InChI=1S/C17H24BrN3O2/c1-3-9-23-17-11-15(18)14(10-16(17)22-2)12-19-5-4-7-21-8-6-20-13-21/h6,8,10-11,13,19H,3-5,7,9,12H2,1-2H3. The number of imidazole rings is 1. The molecule has 0 saturated heterocycles. The van der Waals surface area contributed by atoms with Gasteiger partial charge >= 0.3 is 0 Å². The molecule has 0 aliphatic carbocycles. The second-order valence-electron chi connectivity index (χ2n) is 5.27. The van der Waals surface area contributed by atoms with Crippen molar-refractivity contribution in [3.05, 3.63) is 40.9 Å². The molecule has 1 aromatic carbocycles. The van der Waals surface area contributed by atoms with Gasteiger partial charge in [0.05, 0.1) is 20.0 Å². The number of aryl methyl sites for hydroxylation is 1. The largest absolute Gasteiger partial charge is 0.493 e. The third kappa shape index (κ3) is 5.55. The van der Waals surface area contributed by atoms with E-state index in [9.17, 15) is 0 Å². The van der Waals surface area contributed by atoms with Crippen LogP contribution in [0.5, 0.6) is 11.5 Å². The third-order valence-corrected chi connectivity index (χ3v) is 4.18. The lowest BCUT2D eigenvalue weighted by Crippen LogP contribution is -2.16. The Hall–Kier alpha value is -1.53. The topological polar surface area (TPSA) is 48.3 Å². The zero-order valence-corrected chi connectivity index (χ0v) is 15.3. The second kappa shape index (κ2) is 9.57. The van der Waals surface area contributed by atoms with E-state index in [4.69, 9.17) is 9.47 Å². The van der Waals surface area contributed by atoms with E-state index in [1.165, 1.54) is 0 Å². The van der Waals surface area contributed by atoms with Gasteiger partial charge in [0.2, 0.25) is 0 Å². The summed E-state index contributed by atoms with van der Waals surface area (Å²) in [5.74, 6) is 1.56. The maximum absolute atomic E-state index is 5.71. The van der Waals surface area contributed by atoms with Gasteiger partial charge in [-0.05, 0) is 37.1 Å². The summed E-state index contributed by atoms with van der Waals surface area (Å²) in [4.78, 5) is 4.04. The zero-order valence-electron chi connectivity index (χ0n) is 13.7. The summed E-state index contributed by atoms with van der Waals surface area (Å²) >= 11 is 3.62. The Morgan fingerprint density at radius 3 is 2.87 bits per heavy atom. The Labute approximate surface area is 146 Å². The average Bonchev–Trinajstić information content (AvgIpc) is 3.07. The molecule has 1 N–H and O–H groups in total. The van der Waals surface area contributed by atoms with Gasteiger partial charge in [-0.3, -0.25) is 0 Å². The van der Waals surface area contributed by atoms with Crippen molar-refractivity contribution in [2.24, 2.45) is 0 Å². The van der Waals surface area contributed by atoms with Crippen molar-refractivity contribution < 1.29 is 9.47 Å². The molecule has 0 radical (unpaired) electrons. The highest BCUT2D eigenvalue weighted by Crippen LogP contribution is 2.33. The lowest BCUT2D eigenvalue weighted by molar-refractivity contribution is 0.294. The molecule has 6 heteroatoms. The van der Waals surface area contributed by atoms with Crippen molar-refractivity contribution in [1.82, 2.24) is 14.9 Å². The summed E-state index contributed by atoms with van der Waals surface area (Å²) < 4.78 is 14.3. The molecule has 0 atom stereocenters. The molecule has 126 valence electrons. The van der Waals surface area contributed by atoms with E-state index in [0.29, 0.717) is 6.61 Å². The minimum absolute atomic E-state index is 0.689. The molecule has 2 aromatic rings. The number of aromatic nitrogens is 2. The van der Waals surface area contributed by atoms with Crippen LogP contribution in [-0.2, 0) is 13.1 Å². The maximum atomic E-state index is 5.71. The Balaban J connectivity index is 1.84. The highest BCUT2D eigenvalue weighted by molar-refractivity contribution is 9.10. The first-order chi connectivity index (χ1) is 11.2. The average molecular weight is 382 g/mol. The molecule has 2 rings (SSSR count). The van der Waals surface area contributed by atoms with E-state index in [-0.39, 0.29) is 0 Å². The predicted octanol–water partition coefficient (Wildman–Crippen LogP) is 3.62. The van der Waals surface area contributed by atoms with Crippen LogP contribution < -0.4 is 14.8 Å². The Morgan fingerprint density at radius 1 is 1.30 bits per heavy atom. The van der Waals surface area contributed by atoms with Gasteiger partial charge in [-0.2, -0.15) is 0 Å². The summed E-state index contributed by atoms with van der Waals surface area (Å²) in [7, 11) is 1.67. The molecule has 0 spiro atoms. The molecule has 0 bridgehead atoms. The van der Waals surface area contributed by atoms with Crippen LogP contribution in [0.3, 0.4) is 0 Å². The van der Waals surface area contributed by atoms with Gasteiger partial charge in [0.25, 0.3) is 0 Å². The highest BCUT2D eigenvalue weighted by atomic mass is 79.9. The minimum atomic E-state index is 0.689. The number of nitrogens with zero attached hydrogens (tertiary/aromatic N) is 2. The molecule has 0 amide bonds. The Morgan fingerprint density at radius 2 is 2.17 bits per heavy atom. The number of benzene rings is 1. The van der Waals surface area contributed by atoms with Crippen molar-refractivity contribution >= 4 is 15.9 Å². The minimum Gasteiger partial charge on any atom is -0.493 e. The van der Waals surface area contributed by atoms with Crippen molar-refractivity contribution in [3.63, 3.8) is 0 Å². The number of rotatable bonds is 10. The zero-order chi connectivity index (χ0) is 16.5. The smallest absolute Gasteiger partial charge is 0.162 e. The van der Waals surface area contributed by atoms with Gasteiger partial charge in [-0.15, -0.1) is 0 Å². The van der Waals surface area contributed by atoms with E-state index in [1.54, 1.807) is 13.3 Å². The van der Waals surface area contributed by atoms with E-state index in [2.05, 4.69) is 37.7 Å². The van der Waals surface area contributed by atoms with Gasteiger partial charge in [0, 0.05) is 30.0 Å². The SMILES string of the molecule is CCCOc1cc(Br)c(CNCCCn2ccnc2)cc1OC. The molecular weight excluding hydrogens is 358 g/mol. The first kappa shape index (κ1) is 17.8. The molecule has 0 unspecified atom stereocenters. The van der Waals surface area contributed by atoms with Gasteiger partial charge in [-0.25, -0.2) is 4.98 Å². The molecule has 1 aromatic heterocycles. The van der Waals surface area contributed by atoms with Crippen LogP contribution in [0, 0.1) is 0 Å². The molecule has 0 fully saturated rings. The lowest BCUT2D eigenvalue weighted by Gasteiger charge is -2.14. The third-order valence-electron chi connectivity index (χ3n) is 3.44. The Bertz CT molecular complexity index is 588. The van der Waals surface area contributed by atoms with Gasteiger partial charge < -0.3 is 19.4 Å². The van der Waals surface area contributed by atoms with Crippen LogP contribution in [0.25, 0.3) is 0 Å². The quantitative estimate of drug-likeness (QED) is 0.638. The number of hydrogen-bond acceptors (Lipinski definition) is 4. The van der Waals surface area contributed by atoms with E-state index in [0.717, 1.165) is 54.0 Å². The maximum Gasteiger partial charge on any atom is 0.162 e. The molecular formula is C17H24BrN3O2. The van der Waals surface area contributed by atoms with Crippen molar-refractivity contribution in [2.45, 2.75) is 32.9 Å². The molecule has 0 saturated carbocycles. The molecule has 5 nitrogen and oxygen atoms in total. The number of halogens is 1. The second-order valence-corrected chi connectivity index (χ2v) is 6.13. The summed E-state index contributed by atoms with van der Waals surface area (Å²) in [6.45, 7) is 5.48. The first-order valence-electron chi connectivity index (χ1n) is 7.90. The molecule has 1 heterocycles. The number of nitrogens with one attached hydrogen (secondary N) is 1. The van der Waals surface area contributed by atoms with Crippen LogP contribution in [0.15, 0.2) is 35.3 Å². The van der Waals surface area contributed by atoms with E-state index < -0.39 is 0 Å². The molecule has 0 aliphatic rings. The normalized spacial score (nSPS) is 10.7. The van der Waals surface area contributed by atoms with Crippen LogP contribution in [0.1, 0.15) is 25.3 Å². The number of ether oxygens (including phenoxy) is 2. The fourth-order valence-electron chi connectivity index (χ4n) is 2.23. The summed E-state index contributed by atoms with van der Waals surface area (Å²) in [5, 5.41) is 3.46. The van der Waals surface area contributed by atoms with Crippen LogP contribution >= 0.6 is 15.9 Å². The van der Waals surface area contributed by atoms with Crippen LogP contribution in [-0.4, -0.2) is 29.8 Å². The monoisotopic (exact) mass is 381 g/mol. The summed E-state index contributed by atoms with van der Waals surface area (Å²) in [6, 6.07) is 4.01. The van der Waals surface area contributed by atoms with E-state index >= 15 is 0 Å². The number of methoxy groups -OCH3 is 1. The fraction of sp³-hybridized carbons (Fsp3) is 0.471. The number of hydrogen-bond donors (Lipinski definition) is 1. The predicted molar refractivity (Wildman–Crippen MR) is 95.0 cm³/mol. The lowest BCUT2D eigenvalue weighted by atomic mass is 10.2. The van der Waals surface area contributed by atoms with Gasteiger partial charge in [0.15, 0.2) is 11.5 Å². The summed E-state index contributed by atoms with van der Waals surface area (Å²) in [5.41, 5.74) is 1.16. The van der Waals surface area contributed by atoms with Crippen molar-refractivity contribution in [2.75, 3.05) is 20.3 Å². The first-order valence-corrected chi connectivity index (χ1v) is 8.69. The molecule has 0 aliphatic heterocycles.